The molecule has 1 N–H and O–H groups in total. The Hall–Kier alpha value is -2.34. The van der Waals surface area contributed by atoms with Crippen LogP contribution in [0.15, 0.2) is 35.0 Å². The Labute approximate surface area is 138 Å². The highest BCUT2D eigenvalue weighted by atomic mass is 35.5. The molecule has 3 heterocycles. The zero-order valence-corrected chi connectivity index (χ0v) is 13.4. The molecule has 1 unspecified atom stereocenters. The smallest absolute Gasteiger partial charge is 0.298 e. The van der Waals surface area contributed by atoms with E-state index in [2.05, 4.69) is 25.2 Å². The van der Waals surface area contributed by atoms with E-state index in [0.717, 1.165) is 42.1 Å². The number of benzene rings is 1. The molecule has 2 aromatic heterocycles. The standard InChI is InChI=1S/C16H16ClN5O/c1-10-6-15(19-9-18-10)20-12-4-5-22(8-12)16-21-13-3-2-11(17)7-14(13)23-16/h2-3,6-7,9,12H,4-5,8H2,1H3,(H,18,19,20). The van der Waals surface area contributed by atoms with Crippen molar-refractivity contribution in [3.63, 3.8) is 0 Å². The van der Waals surface area contributed by atoms with Crippen molar-refractivity contribution in [1.29, 1.82) is 0 Å². The minimum absolute atomic E-state index is 0.308. The zero-order chi connectivity index (χ0) is 15.8. The fourth-order valence-electron chi connectivity index (χ4n) is 2.82. The van der Waals surface area contributed by atoms with E-state index in [1.807, 2.05) is 25.1 Å². The minimum Gasteiger partial charge on any atom is -0.423 e. The molecule has 6 nitrogen and oxygen atoms in total. The van der Waals surface area contributed by atoms with E-state index in [9.17, 15) is 0 Å². The van der Waals surface area contributed by atoms with E-state index >= 15 is 0 Å². The van der Waals surface area contributed by atoms with Crippen LogP contribution in [0.5, 0.6) is 0 Å². The highest BCUT2D eigenvalue weighted by Gasteiger charge is 2.26. The summed E-state index contributed by atoms with van der Waals surface area (Å²) in [6.07, 6.45) is 2.58. The number of aryl methyl sites for hydroxylation is 1. The van der Waals surface area contributed by atoms with Gasteiger partial charge in [0.15, 0.2) is 5.58 Å². The van der Waals surface area contributed by atoms with Gasteiger partial charge in [0, 0.05) is 42.0 Å². The molecule has 0 amide bonds. The largest absolute Gasteiger partial charge is 0.423 e. The summed E-state index contributed by atoms with van der Waals surface area (Å²) >= 11 is 5.99. The lowest BCUT2D eigenvalue weighted by Gasteiger charge is -2.15. The number of anilines is 2. The Kier molecular flexibility index (Phi) is 3.53. The average Bonchev–Trinajstić information content (AvgIpc) is 3.13. The fraction of sp³-hybridized carbons (Fsp3) is 0.312. The number of rotatable bonds is 3. The molecule has 0 bridgehead atoms. The molecule has 7 heteroatoms. The van der Waals surface area contributed by atoms with Crippen molar-refractivity contribution in [2.24, 2.45) is 0 Å². The monoisotopic (exact) mass is 329 g/mol. The summed E-state index contributed by atoms with van der Waals surface area (Å²) in [5.41, 5.74) is 2.50. The normalized spacial score (nSPS) is 17.8. The van der Waals surface area contributed by atoms with Crippen LogP contribution in [0.2, 0.25) is 5.02 Å². The predicted octanol–water partition coefficient (Wildman–Crippen LogP) is 3.27. The molecule has 1 aromatic carbocycles. The maximum Gasteiger partial charge on any atom is 0.298 e. The molecule has 0 spiro atoms. The van der Waals surface area contributed by atoms with E-state index in [1.54, 1.807) is 12.4 Å². The van der Waals surface area contributed by atoms with E-state index in [-0.39, 0.29) is 0 Å². The van der Waals surface area contributed by atoms with Crippen molar-refractivity contribution >= 4 is 34.5 Å². The number of hydrogen-bond donors (Lipinski definition) is 1. The number of hydrogen-bond acceptors (Lipinski definition) is 6. The first-order valence-corrected chi connectivity index (χ1v) is 7.91. The lowest BCUT2D eigenvalue weighted by Crippen LogP contribution is -2.26. The molecule has 1 atom stereocenters. The molecule has 1 aliphatic rings. The second-order valence-corrected chi connectivity index (χ2v) is 6.17. The van der Waals surface area contributed by atoms with E-state index < -0.39 is 0 Å². The van der Waals surface area contributed by atoms with Crippen LogP contribution in [0.4, 0.5) is 11.8 Å². The third-order valence-corrected chi connectivity index (χ3v) is 4.19. The molecule has 118 valence electrons. The van der Waals surface area contributed by atoms with Gasteiger partial charge in [-0.3, -0.25) is 0 Å². The molecule has 0 aliphatic carbocycles. The van der Waals surface area contributed by atoms with Gasteiger partial charge in [-0.25, -0.2) is 9.97 Å². The lowest BCUT2D eigenvalue weighted by molar-refractivity contribution is 0.584. The molecule has 3 aromatic rings. The van der Waals surface area contributed by atoms with Crippen molar-refractivity contribution in [3.8, 4) is 0 Å². The number of nitrogens with zero attached hydrogens (tertiary/aromatic N) is 4. The molecular weight excluding hydrogens is 314 g/mol. The highest BCUT2D eigenvalue weighted by Crippen LogP contribution is 2.27. The number of fused-ring (bicyclic) bond motifs is 1. The summed E-state index contributed by atoms with van der Waals surface area (Å²) in [7, 11) is 0. The molecule has 0 radical (unpaired) electrons. The van der Waals surface area contributed by atoms with E-state index in [1.165, 1.54) is 0 Å². The molecule has 1 aliphatic heterocycles. The van der Waals surface area contributed by atoms with Crippen molar-refractivity contribution in [2.75, 3.05) is 23.3 Å². The average molecular weight is 330 g/mol. The maximum absolute atomic E-state index is 5.99. The fourth-order valence-corrected chi connectivity index (χ4v) is 2.98. The summed E-state index contributed by atoms with van der Waals surface area (Å²) in [6.45, 7) is 3.67. The second kappa shape index (κ2) is 5.70. The van der Waals surface area contributed by atoms with Gasteiger partial charge in [-0.2, -0.15) is 4.98 Å². The van der Waals surface area contributed by atoms with Gasteiger partial charge in [-0.05, 0) is 25.5 Å². The molecule has 1 saturated heterocycles. The topological polar surface area (TPSA) is 67.1 Å². The van der Waals surface area contributed by atoms with Crippen LogP contribution < -0.4 is 10.2 Å². The van der Waals surface area contributed by atoms with Crippen LogP contribution in [0.1, 0.15) is 12.1 Å². The van der Waals surface area contributed by atoms with Gasteiger partial charge in [0.1, 0.15) is 17.7 Å². The first kappa shape index (κ1) is 14.3. The van der Waals surface area contributed by atoms with Crippen LogP contribution in [-0.4, -0.2) is 34.1 Å². The first-order valence-electron chi connectivity index (χ1n) is 7.53. The third-order valence-electron chi connectivity index (χ3n) is 3.95. The van der Waals surface area contributed by atoms with Crippen LogP contribution in [-0.2, 0) is 0 Å². The van der Waals surface area contributed by atoms with Gasteiger partial charge in [-0.1, -0.05) is 11.6 Å². The number of nitrogens with one attached hydrogen (secondary N) is 1. The van der Waals surface area contributed by atoms with Crippen LogP contribution in [0.3, 0.4) is 0 Å². The predicted molar refractivity (Wildman–Crippen MR) is 90.0 cm³/mol. The Morgan fingerprint density at radius 3 is 3.09 bits per heavy atom. The SMILES string of the molecule is Cc1cc(NC2CCN(c3nc4ccc(Cl)cc4o3)C2)ncn1. The summed E-state index contributed by atoms with van der Waals surface area (Å²) in [6, 6.07) is 8.39. The van der Waals surface area contributed by atoms with Crippen molar-refractivity contribution in [1.82, 2.24) is 15.0 Å². The molecule has 1 fully saturated rings. The van der Waals surface area contributed by atoms with Gasteiger partial charge in [0.05, 0.1) is 0 Å². The Morgan fingerprint density at radius 1 is 1.30 bits per heavy atom. The van der Waals surface area contributed by atoms with Crippen molar-refractivity contribution in [2.45, 2.75) is 19.4 Å². The summed E-state index contributed by atoms with van der Waals surface area (Å²) < 4.78 is 5.83. The summed E-state index contributed by atoms with van der Waals surface area (Å²) in [5, 5.41) is 4.09. The van der Waals surface area contributed by atoms with Gasteiger partial charge >= 0.3 is 0 Å². The zero-order valence-electron chi connectivity index (χ0n) is 12.7. The van der Waals surface area contributed by atoms with Gasteiger partial charge in [0.2, 0.25) is 0 Å². The van der Waals surface area contributed by atoms with Crippen LogP contribution >= 0.6 is 11.6 Å². The second-order valence-electron chi connectivity index (χ2n) is 5.73. The van der Waals surface area contributed by atoms with E-state index in [4.69, 9.17) is 16.0 Å². The van der Waals surface area contributed by atoms with Gasteiger partial charge < -0.3 is 14.6 Å². The van der Waals surface area contributed by atoms with Gasteiger partial charge in [0.25, 0.3) is 6.01 Å². The molecule has 23 heavy (non-hydrogen) atoms. The lowest BCUT2D eigenvalue weighted by atomic mass is 10.2. The van der Waals surface area contributed by atoms with Crippen molar-refractivity contribution < 1.29 is 4.42 Å². The first-order chi connectivity index (χ1) is 11.2. The molecule has 0 saturated carbocycles. The molecule has 4 rings (SSSR count). The van der Waals surface area contributed by atoms with E-state index in [0.29, 0.717) is 17.1 Å². The maximum atomic E-state index is 5.99. The number of aromatic nitrogens is 3. The summed E-state index contributed by atoms with van der Waals surface area (Å²) in [4.78, 5) is 15.0. The quantitative estimate of drug-likeness (QED) is 0.795. The molecular formula is C16H16ClN5O. The Morgan fingerprint density at radius 2 is 2.22 bits per heavy atom. The van der Waals surface area contributed by atoms with Crippen LogP contribution in [0.25, 0.3) is 11.1 Å². The van der Waals surface area contributed by atoms with Crippen LogP contribution in [0, 0.1) is 6.92 Å². The van der Waals surface area contributed by atoms with Gasteiger partial charge in [-0.15, -0.1) is 0 Å². The highest BCUT2D eigenvalue weighted by molar-refractivity contribution is 6.31. The summed E-state index contributed by atoms with van der Waals surface area (Å²) in [5.74, 6) is 0.855. The minimum atomic E-state index is 0.308. The Balaban J connectivity index is 1.48. The third kappa shape index (κ3) is 2.94. The number of halogens is 1. The van der Waals surface area contributed by atoms with Crippen molar-refractivity contribution in [3.05, 3.63) is 41.3 Å². The Bertz CT molecular complexity index is 849. The number of oxazole rings is 1.